The topological polar surface area (TPSA) is 100 Å². The number of hydrogen-bond donors (Lipinski definition) is 2. The number of aromatic amines is 1. The highest BCUT2D eigenvalue weighted by atomic mass is 19.1. The lowest BCUT2D eigenvalue weighted by molar-refractivity contribution is -0.142. The van der Waals surface area contributed by atoms with Gasteiger partial charge >= 0.3 is 5.97 Å². The molecule has 44 heavy (non-hydrogen) atoms. The van der Waals surface area contributed by atoms with Gasteiger partial charge in [-0.25, -0.2) is 23.7 Å². The van der Waals surface area contributed by atoms with Gasteiger partial charge in [-0.2, -0.15) is 0 Å². The summed E-state index contributed by atoms with van der Waals surface area (Å²) >= 11 is 0. The van der Waals surface area contributed by atoms with Crippen molar-refractivity contribution in [2.75, 3.05) is 0 Å². The third-order valence-corrected chi connectivity index (χ3v) is 9.04. The lowest BCUT2D eigenvalue weighted by atomic mass is 9.63. The number of aliphatic imine (C=N–C) groups is 1. The van der Waals surface area contributed by atoms with Crippen molar-refractivity contribution in [2.24, 2.45) is 22.7 Å². The van der Waals surface area contributed by atoms with Gasteiger partial charge in [0.15, 0.2) is 11.6 Å². The van der Waals surface area contributed by atoms with Crippen LogP contribution in [0.3, 0.4) is 0 Å². The molecule has 0 saturated heterocycles. The fourth-order valence-corrected chi connectivity index (χ4v) is 6.89. The molecule has 1 atom stereocenters. The molecule has 0 unspecified atom stereocenters. The van der Waals surface area contributed by atoms with Crippen LogP contribution in [0.15, 0.2) is 71.9 Å². The molecule has 0 radical (unpaired) electrons. The van der Waals surface area contributed by atoms with Gasteiger partial charge in [0.25, 0.3) is 0 Å². The molecular weight excluding hydrogens is 562 g/mol. The van der Waals surface area contributed by atoms with Crippen LogP contribution in [0, 0.1) is 29.4 Å². The van der Waals surface area contributed by atoms with E-state index in [0.717, 1.165) is 54.2 Å². The number of nitrogens with one attached hydrogen (secondary N) is 1. The van der Waals surface area contributed by atoms with Crippen LogP contribution in [0.2, 0.25) is 0 Å². The number of halogens is 2. The zero-order chi connectivity index (χ0) is 29.9. The quantitative estimate of drug-likeness (QED) is 0.215. The maximum absolute atomic E-state index is 14.6. The number of rotatable bonds is 4. The van der Waals surface area contributed by atoms with E-state index in [0.29, 0.717) is 33.9 Å². The van der Waals surface area contributed by atoms with Crippen molar-refractivity contribution in [3.63, 3.8) is 0 Å². The van der Waals surface area contributed by atoms with E-state index in [2.05, 4.69) is 4.98 Å². The monoisotopic (exact) mass is 588 g/mol. The van der Waals surface area contributed by atoms with Crippen molar-refractivity contribution in [2.45, 2.75) is 25.7 Å². The average molecular weight is 589 g/mol. The van der Waals surface area contributed by atoms with Gasteiger partial charge < -0.3 is 14.8 Å². The van der Waals surface area contributed by atoms with Crippen molar-refractivity contribution >= 4 is 40.6 Å². The van der Waals surface area contributed by atoms with Crippen molar-refractivity contribution in [1.29, 1.82) is 0 Å². The number of nitrogens with zero attached hydrogens (tertiary/aromatic N) is 3. The Kier molecular flexibility index (Phi) is 6.14. The number of hydrogen-bond acceptors (Lipinski definition) is 5. The fraction of sp³-hybridized carbons (Fsp3) is 0.200. The molecule has 218 valence electrons. The number of benzene rings is 3. The van der Waals surface area contributed by atoms with Gasteiger partial charge in [0.1, 0.15) is 23.1 Å². The molecule has 2 bridgehead atoms. The number of H-pyrrole nitrogens is 1. The van der Waals surface area contributed by atoms with Crippen LogP contribution < -0.4 is 4.74 Å². The van der Waals surface area contributed by atoms with Gasteiger partial charge in [0.2, 0.25) is 0 Å². The van der Waals surface area contributed by atoms with Gasteiger partial charge in [0.05, 0.1) is 17.1 Å². The van der Waals surface area contributed by atoms with E-state index in [1.165, 1.54) is 6.07 Å². The van der Waals surface area contributed by atoms with E-state index >= 15 is 0 Å². The molecule has 0 amide bonds. The summed E-state index contributed by atoms with van der Waals surface area (Å²) in [5, 5.41) is 10.4. The second-order valence-electron chi connectivity index (χ2n) is 11.6. The second-order valence-corrected chi connectivity index (χ2v) is 11.6. The third-order valence-electron chi connectivity index (χ3n) is 9.04. The molecule has 1 aliphatic heterocycles. The Bertz CT molecular complexity index is 2040. The van der Waals surface area contributed by atoms with Gasteiger partial charge in [-0.05, 0) is 55.7 Å². The van der Waals surface area contributed by atoms with Gasteiger partial charge in [-0.1, -0.05) is 42.5 Å². The highest BCUT2D eigenvalue weighted by Crippen LogP contribution is 2.45. The Morgan fingerprint density at radius 1 is 0.932 bits per heavy atom. The van der Waals surface area contributed by atoms with E-state index in [-0.39, 0.29) is 23.2 Å². The summed E-state index contributed by atoms with van der Waals surface area (Å²) in [4.78, 5) is 29.7. The number of ether oxygens (including phenoxy) is 1. The number of aliphatic carboxylic acids is 1. The highest BCUT2D eigenvalue weighted by Gasteiger charge is 2.44. The molecule has 9 heteroatoms. The molecule has 3 fully saturated rings. The Morgan fingerprint density at radius 3 is 2.55 bits per heavy atom. The van der Waals surface area contributed by atoms with E-state index in [1.54, 1.807) is 12.3 Å². The van der Waals surface area contributed by atoms with Gasteiger partial charge in [-0.3, -0.25) is 4.79 Å². The number of carboxylic acid groups (broad SMARTS) is 1. The van der Waals surface area contributed by atoms with Crippen LogP contribution in [0.4, 0.5) is 14.6 Å². The zero-order valence-corrected chi connectivity index (χ0v) is 23.4. The van der Waals surface area contributed by atoms with Crippen LogP contribution >= 0.6 is 0 Å². The molecule has 3 aromatic carbocycles. The molecule has 0 spiro atoms. The van der Waals surface area contributed by atoms with Crippen LogP contribution in [0.1, 0.15) is 36.8 Å². The molecule has 2 aromatic heterocycles. The predicted octanol–water partition coefficient (Wildman–Crippen LogP) is 8.44. The first-order valence-electron chi connectivity index (χ1n) is 14.7. The van der Waals surface area contributed by atoms with Crippen molar-refractivity contribution in [3.05, 3.63) is 89.6 Å². The van der Waals surface area contributed by atoms with Crippen LogP contribution in [0.25, 0.3) is 45.7 Å². The number of para-hydroxylation sites is 1. The number of fused-ring (bicyclic) bond motifs is 6. The van der Waals surface area contributed by atoms with Crippen LogP contribution in [-0.2, 0) is 4.79 Å². The Labute approximate surface area is 251 Å². The summed E-state index contributed by atoms with van der Waals surface area (Å²) in [7, 11) is 0. The normalized spacial score (nSPS) is 21.1. The number of aromatic nitrogens is 3. The summed E-state index contributed by atoms with van der Waals surface area (Å²) in [5.41, 5.74) is 4.27. The molecule has 3 saturated carbocycles. The highest BCUT2D eigenvalue weighted by molar-refractivity contribution is 6.05. The summed E-state index contributed by atoms with van der Waals surface area (Å²) in [6, 6.07) is 17.3. The fourth-order valence-electron chi connectivity index (χ4n) is 6.89. The average Bonchev–Trinajstić information content (AvgIpc) is 3.36. The van der Waals surface area contributed by atoms with E-state index in [4.69, 9.17) is 19.7 Å². The smallest absolute Gasteiger partial charge is 0.312 e. The summed E-state index contributed by atoms with van der Waals surface area (Å²) in [6.07, 6.45) is 9.09. The standard InChI is InChI=1S/C35H26F2N4O3/c36-23-14-24-25(17-38-33(24)26(37)15-23)34-39-27(16-30(41-34)40-32-21-10-8-20(9-11-21)31(32)35(42)43)22-12-7-19-6-5-18-3-1-2-4-28(18)44-29(19)13-22/h1-7,12-17,20-21,31,38H,8-11H2,(H,42,43)/b40-32+/t20?,21?,31-/m1/s1. The minimum absolute atomic E-state index is 0.0502. The van der Waals surface area contributed by atoms with Gasteiger partial charge in [-0.15, -0.1) is 0 Å². The molecular formula is C35H26F2N4O3. The lowest BCUT2D eigenvalue weighted by Gasteiger charge is -2.41. The molecule has 5 aromatic rings. The first kappa shape index (κ1) is 26.4. The van der Waals surface area contributed by atoms with Crippen molar-refractivity contribution in [1.82, 2.24) is 15.0 Å². The van der Waals surface area contributed by atoms with Crippen molar-refractivity contribution < 1.29 is 23.4 Å². The Morgan fingerprint density at radius 2 is 1.73 bits per heavy atom. The van der Waals surface area contributed by atoms with Crippen LogP contribution in [-0.4, -0.2) is 31.7 Å². The minimum atomic E-state index is -0.869. The summed E-state index contributed by atoms with van der Waals surface area (Å²) in [6.45, 7) is 0. The number of carboxylic acids is 1. The lowest BCUT2D eigenvalue weighted by Crippen LogP contribution is -2.44. The first-order chi connectivity index (χ1) is 21.4. The third kappa shape index (κ3) is 4.47. The zero-order valence-electron chi connectivity index (χ0n) is 23.4. The largest absolute Gasteiger partial charge is 0.481 e. The number of carbonyl (C=O) groups is 1. The Balaban J connectivity index is 1.30. The second kappa shape index (κ2) is 10.2. The molecule has 2 N–H and O–H groups in total. The predicted molar refractivity (Wildman–Crippen MR) is 164 cm³/mol. The molecule has 4 aliphatic rings. The van der Waals surface area contributed by atoms with Crippen molar-refractivity contribution in [3.8, 4) is 34.1 Å². The molecule has 3 heterocycles. The van der Waals surface area contributed by atoms with Gasteiger partial charge in [0, 0.05) is 51.7 Å². The summed E-state index contributed by atoms with van der Waals surface area (Å²) < 4.78 is 35.2. The van der Waals surface area contributed by atoms with E-state index in [1.807, 2.05) is 54.6 Å². The Hall–Kier alpha value is -5.18. The van der Waals surface area contributed by atoms with Crippen LogP contribution in [0.5, 0.6) is 11.5 Å². The molecule has 7 nitrogen and oxygen atoms in total. The maximum Gasteiger partial charge on any atom is 0.312 e. The summed E-state index contributed by atoms with van der Waals surface area (Å²) in [5.74, 6) is -0.958. The maximum atomic E-state index is 14.6. The van der Waals surface area contributed by atoms with E-state index in [9.17, 15) is 18.7 Å². The first-order valence-corrected chi connectivity index (χ1v) is 14.7. The minimum Gasteiger partial charge on any atom is -0.481 e. The van der Waals surface area contributed by atoms with E-state index < -0.39 is 23.5 Å². The SMILES string of the molecule is O=C(O)[C@H]1/C(=N/c2cc(-c3ccc4c(c3)Oc3ccccc3C=C4)nc(-c3c[nH]c4c(F)cc(F)cc34)n2)C2CCC1CC2. The molecule has 3 aliphatic carbocycles. The molecule has 9 rings (SSSR count).